The Kier molecular flexibility index (Phi) is 2.87. The SMILES string of the molecule is Clc1ccc(-c2nc(Cl)c3cc4c(cc3n2)OCO4)cc1. The first-order valence-electron chi connectivity index (χ1n) is 6.23. The van der Waals surface area contributed by atoms with Gasteiger partial charge in [-0.05, 0) is 30.3 Å². The third-order valence-electron chi connectivity index (χ3n) is 3.25. The molecule has 0 saturated heterocycles. The van der Waals surface area contributed by atoms with Crippen molar-refractivity contribution in [3.63, 3.8) is 0 Å². The van der Waals surface area contributed by atoms with Crippen molar-refractivity contribution in [1.82, 2.24) is 9.97 Å². The predicted octanol–water partition coefficient (Wildman–Crippen LogP) is 4.33. The zero-order chi connectivity index (χ0) is 14.4. The summed E-state index contributed by atoms with van der Waals surface area (Å²) >= 11 is 12.2. The van der Waals surface area contributed by atoms with Gasteiger partial charge in [0, 0.05) is 22.0 Å². The Labute approximate surface area is 130 Å². The highest BCUT2D eigenvalue weighted by molar-refractivity contribution is 6.34. The van der Waals surface area contributed by atoms with Crippen LogP contribution in [0.4, 0.5) is 0 Å². The molecular formula is C15H8Cl2N2O2. The molecule has 0 aliphatic carbocycles. The first-order chi connectivity index (χ1) is 10.2. The number of halogens is 2. The fraction of sp³-hybridized carbons (Fsp3) is 0.0667. The van der Waals surface area contributed by atoms with E-state index in [1.54, 1.807) is 18.2 Å². The Bertz CT molecular complexity index is 850. The van der Waals surface area contributed by atoms with Crippen molar-refractivity contribution in [2.45, 2.75) is 0 Å². The summed E-state index contributed by atoms with van der Waals surface area (Å²) in [5, 5.41) is 1.77. The number of aromatic nitrogens is 2. The minimum atomic E-state index is 0.209. The minimum absolute atomic E-state index is 0.209. The van der Waals surface area contributed by atoms with E-state index in [0.717, 1.165) is 10.9 Å². The molecule has 104 valence electrons. The molecule has 0 N–H and O–H groups in total. The highest BCUT2D eigenvalue weighted by Gasteiger charge is 2.17. The second kappa shape index (κ2) is 4.76. The molecule has 1 aromatic heterocycles. The van der Waals surface area contributed by atoms with Crippen LogP contribution < -0.4 is 9.47 Å². The average Bonchev–Trinajstić information content (AvgIpc) is 2.93. The van der Waals surface area contributed by atoms with Crippen molar-refractivity contribution in [3.05, 3.63) is 46.6 Å². The van der Waals surface area contributed by atoms with E-state index in [9.17, 15) is 0 Å². The van der Waals surface area contributed by atoms with E-state index in [-0.39, 0.29) is 6.79 Å². The van der Waals surface area contributed by atoms with Gasteiger partial charge in [0.1, 0.15) is 5.15 Å². The molecule has 0 bridgehead atoms. The molecule has 0 radical (unpaired) electrons. The van der Waals surface area contributed by atoms with Crippen LogP contribution in [0.15, 0.2) is 36.4 Å². The van der Waals surface area contributed by atoms with Crippen molar-refractivity contribution >= 4 is 34.1 Å². The highest BCUT2D eigenvalue weighted by Crippen LogP contribution is 2.37. The Morgan fingerprint density at radius 2 is 1.62 bits per heavy atom. The van der Waals surface area contributed by atoms with Crippen LogP contribution in [-0.2, 0) is 0 Å². The van der Waals surface area contributed by atoms with E-state index in [4.69, 9.17) is 32.7 Å². The Hall–Kier alpha value is -2.04. The standard InChI is InChI=1S/C15H8Cl2N2O2/c16-9-3-1-8(2-4-9)15-18-11-6-13-12(20-7-21-13)5-10(11)14(17)19-15/h1-6H,7H2. The lowest BCUT2D eigenvalue weighted by Gasteiger charge is -2.06. The summed E-state index contributed by atoms with van der Waals surface area (Å²) in [5.74, 6) is 1.87. The third-order valence-corrected chi connectivity index (χ3v) is 3.79. The molecule has 4 nitrogen and oxygen atoms in total. The molecule has 6 heteroatoms. The fourth-order valence-corrected chi connectivity index (χ4v) is 2.57. The van der Waals surface area contributed by atoms with Gasteiger partial charge in [0.25, 0.3) is 0 Å². The lowest BCUT2D eigenvalue weighted by molar-refractivity contribution is 0.174. The molecule has 4 rings (SSSR count). The number of hydrogen-bond donors (Lipinski definition) is 0. The maximum Gasteiger partial charge on any atom is 0.231 e. The Morgan fingerprint density at radius 3 is 2.38 bits per heavy atom. The number of nitrogens with zero attached hydrogens (tertiary/aromatic N) is 2. The van der Waals surface area contributed by atoms with Crippen LogP contribution in [0.2, 0.25) is 10.2 Å². The first-order valence-corrected chi connectivity index (χ1v) is 6.99. The summed E-state index contributed by atoms with van der Waals surface area (Å²) in [6.45, 7) is 0.209. The third kappa shape index (κ3) is 2.17. The monoisotopic (exact) mass is 318 g/mol. The van der Waals surface area contributed by atoms with E-state index in [1.807, 2.05) is 18.2 Å². The summed E-state index contributed by atoms with van der Waals surface area (Å²) in [4.78, 5) is 8.88. The summed E-state index contributed by atoms with van der Waals surface area (Å²) in [6, 6.07) is 10.9. The maximum absolute atomic E-state index is 6.27. The van der Waals surface area contributed by atoms with Gasteiger partial charge in [0.15, 0.2) is 17.3 Å². The van der Waals surface area contributed by atoms with E-state index in [2.05, 4.69) is 9.97 Å². The summed E-state index contributed by atoms with van der Waals surface area (Å²) < 4.78 is 10.7. The van der Waals surface area contributed by atoms with E-state index < -0.39 is 0 Å². The van der Waals surface area contributed by atoms with Crippen molar-refractivity contribution in [2.24, 2.45) is 0 Å². The molecule has 1 aliphatic heterocycles. The molecule has 2 heterocycles. The van der Waals surface area contributed by atoms with Crippen LogP contribution in [-0.4, -0.2) is 16.8 Å². The summed E-state index contributed by atoms with van der Waals surface area (Å²) in [6.07, 6.45) is 0. The predicted molar refractivity (Wildman–Crippen MR) is 81.1 cm³/mol. The average molecular weight is 319 g/mol. The smallest absolute Gasteiger partial charge is 0.231 e. The Balaban J connectivity index is 1.92. The van der Waals surface area contributed by atoms with Crippen LogP contribution in [0.3, 0.4) is 0 Å². The van der Waals surface area contributed by atoms with Crippen molar-refractivity contribution < 1.29 is 9.47 Å². The van der Waals surface area contributed by atoms with Gasteiger partial charge < -0.3 is 9.47 Å². The lowest BCUT2D eigenvalue weighted by atomic mass is 10.2. The number of fused-ring (bicyclic) bond motifs is 2. The summed E-state index contributed by atoms with van der Waals surface area (Å²) in [5.41, 5.74) is 1.56. The normalized spacial score (nSPS) is 12.9. The Morgan fingerprint density at radius 1 is 0.905 bits per heavy atom. The van der Waals surface area contributed by atoms with Crippen LogP contribution in [0.1, 0.15) is 0 Å². The van der Waals surface area contributed by atoms with Gasteiger partial charge in [-0.1, -0.05) is 23.2 Å². The molecular weight excluding hydrogens is 311 g/mol. The molecule has 0 saturated carbocycles. The molecule has 0 unspecified atom stereocenters. The number of ether oxygens (including phenoxy) is 2. The minimum Gasteiger partial charge on any atom is -0.454 e. The van der Waals surface area contributed by atoms with E-state index in [0.29, 0.717) is 33.0 Å². The molecule has 0 atom stereocenters. The van der Waals surface area contributed by atoms with Gasteiger partial charge in [-0.3, -0.25) is 0 Å². The van der Waals surface area contributed by atoms with Crippen molar-refractivity contribution in [3.8, 4) is 22.9 Å². The zero-order valence-corrected chi connectivity index (χ0v) is 12.1. The second-order valence-electron chi connectivity index (χ2n) is 4.57. The van der Waals surface area contributed by atoms with E-state index >= 15 is 0 Å². The number of hydrogen-bond acceptors (Lipinski definition) is 4. The number of rotatable bonds is 1. The van der Waals surface area contributed by atoms with Crippen LogP contribution in [0, 0.1) is 0 Å². The molecule has 2 aromatic carbocycles. The molecule has 0 amide bonds. The van der Waals surface area contributed by atoms with Crippen molar-refractivity contribution in [2.75, 3.05) is 6.79 Å². The maximum atomic E-state index is 6.27. The van der Waals surface area contributed by atoms with Gasteiger partial charge >= 0.3 is 0 Å². The zero-order valence-electron chi connectivity index (χ0n) is 10.6. The summed E-state index contributed by atoms with van der Waals surface area (Å²) in [7, 11) is 0. The van der Waals surface area contributed by atoms with Gasteiger partial charge in [-0.25, -0.2) is 9.97 Å². The van der Waals surface area contributed by atoms with Crippen molar-refractivity contribution in [1.29, 1.82) is 0 Å². The van der Waals surface area contributed by atoms with Gasteiger partial charge in [0.05, 0.1) is 5.52 Å². The quantitative estimate of drug-likeness (QED) is 0.626. The van der Waals surface area contributed by atoms with Gasteiger partial charge in [-0.2, -0.15) is 0 Å². The molecule has 3 aromatic rings. The molecule has 0 fully saturated rings. The van der Waals surface area contributed by atoms with Crippen LogP contribution in [0.5, 0.6) is 11.5 Å². The second-order valence-corrected chi connectivity index (χ2v) is 5.36. The topological polar surface area (TPSA) is 44.2 Å². The molecule has 0 spiro atoms. The van der Waals surface area contributed by atoms with Crippen LogP contribution in [0.25, 0.3) is 22.3 Å². The van der Waals surface area contributed by atoms with E-state index in [1.165, 1.54) is 0 Å². The fourth-order valence-electron chi connectivity index (χ4n) is 2.21. The molecule has 21 heavy (non-hydrogen) atoms. The highest BCUT2D eigenvalue weighted by atomic mass is 35.5. The van der Waals surface area contributed by atoms with Gasteiger partial charge in [0.2, 0.25) is 6.79 Å². The number of benzene rings is 2. The lowest BCUT2D eigenvalue weighted by Crippen LogP contribution is -1.92. The van der Waals surface area contributed by atoms with Crippen LogP contribution >= 0.6 is 23.2 Å². The first kappa shape index (κ1) is 12.7. The molecule has 1 aliphatic rings. The van der Waals surface area contributed by atoms with Gasteiger partial charge in [-0.15, -0.1) is 0 Å². The largest absolute Gasteiger partial charge is 0.454 e.